The normalized spacial score (nSPS) is 17.4. The van der Waals surface area contributed by atoms with Crippen molar-refractivity contribution in [3.63, 3.8) is 0 Å². The van der Waals surface area contributed by atoms with E-state index in [4.69, 9.17) is 4.74 Å². The number of nitrogens with one attached hydrogen (secondary N) is 1. The average Bonchev–Trinajstić information content (AvgIpc) is 2.47. The maximum Gasteiger partial charge on any atom is 0.251 e. The van der Waals surface area contributed by atoms with Gasteiger partial charge in [-0.3, -0.25) is 4.79 Å². The van der Waals surface area contributed by atoms with Crippen molar-refractivity contribution in [2.75, 3.05) is 26.5 Å². The van der Waals surface area contributed by atoms with Crippen molar-refractivity contribution in [1.82, 2.24) is 9.62 Å². The minimum Gasteiger partial charge on any atom is -0.497 e. The lowest BCUT2D eigenvalue weighted by Gasteiger charge is -2.30. The molecule has 0 radical (unpaired) electrons. The van der Waals surface area contributed by atoms with Gasteiger partial charge in [0.1, 0.15) is 5.75 Å². The molecule has 0 aliphatic carbocycles. The summed E-state index contributed by atoms with van der Waals surface area (Å²) >= 11 is 0. The van der Waals surface area contributed by atoms with Gasteiger partial charge in [0.05, 0.1) is 13.4 Å². The molecule has 7 heteroatoms. The summed E-state index contributed by atoms with van der Waals surface area (Å²) in [5.41, 5.74) is 0.542. The maximum atomic E-state index is 12.2. The van der Waals surface area contributed by atoms with Crippen molar-refractivity contribution in [2.24, 2.45) is 0 Å². The lowest BCUT2D eigenvalue weighted by molar-refractivity contribution is 0.0923. The van der Waals surface area contributed by atoms with Gasteiger partial charge < -0.3 is 10.1 Å². The second-order valence-corrected chi connectivity index (χ2v) is 7.12. The third kappa shape index (κ3) is 4.18. The van der Waals surface area contributed by atoms with E-state index in [-0.39, 0.29) is 11.9 Å². The molecule has 1 fully saturated rings. The predicted octanol–water partition coefficient (Wildman–Crippen LogP) is 0.849. The number of ether oxygens (including phenoxy) is 1. The SMILES string of the molecule is COc1cccc(C(=O)NC2CCN(S(C)(=O)=O)CC2)c1. The Morgan fingerprint density at radius 3 is 2.57 bits per heavy atom. The van der Waals surface area contributed by atoms with Gasteiger partial charge in [-0.25, -0.2) is 12.7 Å². The van der Waals surface area contributed by atoms with Gasteiger partial charge in [-0.2, -0.15) is 0 Å². The highest BCUT2D eigenvalue weighted by Crippen LogP contribution is 2.16. The van der Waals surface area contributed by atoms with E-state index < -0.39 is 10.0 Å². The first kappa shape index (κ1) is 15.8. The van der Waals surface area contributed by atoms with Crippen LogP contribution in [0.5, 0.6) is 5.75 Å². The first-order chi connectivity index (χ1) is 9.90. The molecule has 1 aromatic rings. The highest BCUT2D eigenvalue weighted by molar-refractivity contribution is 7.88. The number of hydrogen-bond acceptors (Lipinski definition) is 4. The molecule has 6 nitrogen and oxygen atoms in total. The zero-order chi connectivity index (χ0) is 15.5. The van der Waals surface area contributed by atoms with E-state index >= 15 is 0 Å². The maximum absolute atomic E-state index is 12.2. The third-order valence-corrected chi connectivity index (χ3v) is 4.89. The highest BCUT2D eigenvalue weighted by atomic mass is 32.2. The molecule has 0 unspecified atom stereocenters. The number of methoxy groups -OCH3 is 1. The summed E-state index contributed by atoms with van der Waals surface area (Å²) in [5, 5.41) is 2.94. The molecular weight excluding hydrogens is 292 g/mol. The van der Waals surface area contributed by atoms with Crippen molar-refractivity contribution in [3.05, 3.63) is 29.8 Å². The van der Waals surface area contributed by atoms with E-state index in [1.807, 2.05) is 0 Å². The van der Waals surface area contributed by atoms with Crippen LogP contribution in [0.2, 0.25) is 0 Å². The summed E-state index contributed by atoms with van der Waals surface area (Å²) in [6.07, 6.45) is 2.47. The van der Waals surface area contributed by atoms with Crippen LogP contribution in [0, 0.1) is 0 Å². The van der Waals surface area contributed by atoms with Crippen molar-refractivity contribution in [1.29, 1.82) is 0 Å². The standard InChI is InChI=1S/C14H20N2O4S/c1-20-13-5-3-4-11(10-13)14(17)15-12-6-8-16(9-7-12)21(2,18)19/h3-5,10,12H,6-9H2,1-2H3,(H,15,17). The quantitative estimate of drug-likeness (QED) is 0.894. The van der Waals surface area contributed by atoms with Crippen molar-refractivity contribution in [2.45, 2.75) is 18.9 Å². The van der Waals surface area contributed by atoms with Gasteiger partial charge in [0.25, 0.3) is 5.91 Å². The molecule has 2 rings (SSSR count). The van der Waals surface area contributed by atoms with E-state index in [1.54, 1.807) is 31.4 Å². The summed E-state index contributed by atoms with van der Waals surface area (Å²) in [4.78, 5) is 12.2. The second-order valence-electron chi connectivity index (χ2n) is 5.14. The van der Waals surface area contributed by atoms with Crippen LogP contribution < -0.4 is 10.1 Å². The van der Waals surface area contributed by atoms with Crippen LogP contribution in [-0.2, 0) is 10.0 Å². The zero-order valence-corrected chi connectivity index (χ0v) is 13.0. The molecule has 1 saturated heterocycles. The van der Waals surface area contributed by atoms with Gasteiger partial charge in [-0.1, -0.05) is 6.07 Å². The van der Waals surface area contributed by atoms with E-state index in [0.29, 0.717) is 37.2 Å². The van der Waals surface area contributed by atoms with Gasteiger partial charge in [-0.05, 0) is 31.0 Å². The number of benzene rings is 1. The molecule has 116 valence electrons. The number of sulfonamides is 1. The number of carbonyl (C=O) groups is 1. The Labute approximate surface area is 125 Å². The number of carbonyl (C=O) groups excluding carboxylic acids is 1. The highest BCUT2D eigenvalue weighted by Gasteiger charge is 2.25. The molecule has 0 bridgehead atoms. The minimum absolute atomic E-state index is 0.00158. The minimum atomic E-state index is -3.13. The van der Waals surface area contributed by atoms with Crippen LogP contribution in [0.15, 0.2) is 24.3 Å². The Hall–Kier alpha value is -1.60. The Morgan fingerprint density at radius 1 is 1.33 bits per heavy atom. The third-order valence-electron chi connectivity index (χ3n) is 3.59. The second kappa shape index (κ2) is 6.44. The first-order valence-corrected chi connectivity index (χ1v) is 8.65. The Bertz CT molecular complexity index is 607. The van der Waals surface area contributed by atoms with Crippen LogP contribution >= 0.6 is 0 Å². The predicted molar refractivity (Wildman–Crippen MR) is 79.9 cm³/mol. The summed E-state index contributed by atoms with van der Waals surface area (Å²) in [5.74, 6) is 0.473. The van der Waals surface area contributed by atoms with Crippen LogP contribution in [-0.4, -0.2) is 51.1 Å². The fourth-order valence-corrected chi connectivity index (χ4v) is 3.24. The van der Waals surface area contributed by atoms with Crippen molar-refractivity contribution in [3.8, 4) is 5.75 Å². The summed E-state index contributed by atoms with van der Waals surface area (Å²) in [6, 6.07) is 6.95. The molecule has 1 aliphatic rings. The van der Waals surface area contributed by atoms with E-state index in [2.05, 4.69) is 5.32 Å². The van der Waals surface area contributed by atoms with Crippen molar-refractivity contribution < 1.29 is 17.9 Å². The molecule has 21 heavy (non-hydrogen) atoms. The number of nitrogens with zero attached hydrogens (tertiary/aromatic N) is 1. The monoisotopic (exact) mass is 312 g/mol. The molecule has 1 aliphatic heterocycles. The number of piperidine rings is 1. The van der Waals surface area contributed by atoms with Gasteiger partial charge in [0.15, 0.2) is 0 Å². The number of amides is 1. The molecule has 0 spiro atoms. The van der Waals surface area contributed by atoms with Gasteiger partial charge in [-0.15, -0.1) is 0 Å². The molecule has 0 atom stereocenters. The molecule has 0 saturated carbocycles. The van der Waals surface area contributed by atoms with Gasteiger partial charge >= 0.3 is 0 Å². The summed E-state index contributed by atoms with van der Waals surface area (Å²) in [7, 11) is -1.58. The molecule has 1 heterocycles. The summed E-state index contributed by atoms with van der Waals surface area (Å²) < 4.78 is 29.4. The Kier molecular flexibility index (Phi) is 4.84. The topological polar surface area (TPSA) is 75.7 Å². The average molecular weight is 312 g/mol. The number of rotatable bonds is 4. The first-order valence-electron chi connectivity index (χ1n) is 6.80. The van der Waals surface area contributed by atoms with E-state index in [9.17, 15) is 13.2 Å². The fourth-order valence-electron chi connectivity index (χ4n) is 2.36. The van der Waals surface area contributed by atoms with Gasteiger partial charge in [0, 0.05) is 24.7 Å². The van der Waals surface area contributed by atoms with E-state index in [1.165, 1.54) is 10.6 Å². The van der Waals surface area contributed by atoms with Crippen molar-refractivity contribution >= 4 is 15.9 Å². The smallest absolute Gasteiger partial charge is 0.251 e. The largest absolute Gasteiger partial charge is 0.497 e. The van der Waals surface area contributed by atoms with Crippen LogP contribution in [0.4, 0.5) is 0 Å². The summed E-state index contributed by atoms with van der Waals surface area (Å²) in [6.45, 7) is 0.893. The van der Waals surface area contributed by atoms with Crippen LogP contribution in [0.3, 0.4) is 0 Å². The molecule has 1 aromatic carbocycles. The molecule has 1 amide bonds. The zero-order valence-electron chi connectivity index (χ0n) is 12.2. The van der Waals surface area contributed by atoms with Gasteiger partial charge in [0.2, 0.25) is 10.0 Å². The Balaban J connectivity index is 1.92. The molecule has 0 aromatic heterocycles. The molecule has 1 N–H and O–H groups in total. The fraction of sp³-hybridized carbons (Fsp3) is 0.500. The van der Waals surface area contributed by atoms with Crippen LogP contribution in [0.1, 0.15) is 23.2 Å². The molecular formula is C14H20N2O4S. The van der Waals surface area contributed by atoms with Crippen LogP contribution in [0.25, 0.3) is 0 Å². The Morgan fingerprint density at radius 2 is 2.00 bits per heavy atom. The number of hydrogen-bond donors (Lipinski definition) is 1. The van der Waals surface area contributed by atoms with E-state index in [0.717, 1.165) is 0 Å². The lowest BCUT2D eigenvalue weighted by atomic mass is 10.1. The lowest BCUT2D eigenvalue weighted by Crippen LogP contribution is -2.46.